The first-order chi connectivity index (χ1) is 13.5. The zero-order valence-corrected chi connectivity index (χ0v) is 16.5. The van der Waals surface area contributed by atoms with Gasteiger partial charge >= 0.3 is 0 Å². The highest BCUT2D eigenvalue weighted by atomic mass is 35.5. The van der Waals surface area contributed by atoms with Crippen molar-refractivity contribution in [1.82, 2.24) is 20.0 Å². The summed E-state index contributed by atoms with van der Waals surface area (Å²) >= 11 is 6.47. The molecule has 0 aliphatic heterocycles. The van der Waals surface area contributed by atoms with Crippen LogP contribution in [0.15, 0.2) is 41.2 Å². The summed E-state index contributed by atoms with van der Waals surface area (Å²) in [7, 11) is 1.54. The summed E-state index contributed by atoms with van der Waals surface area (Å²) in [6.45, 7) is 1.74. The molecule has 1 N–H and O–H groups in total. The van der Waals surface area contributed by atoms with Gasteiger partial charge in [-0.3, -0.25) is 4.79 Å². The lowest BCUT2D eigenvalue weighted by molar-refractivity contribution is 0.0889. The molecule has 1 aromatic carbocycles. The van der Waals surface area contributed by atoms with E-state index in [9.17, 15) is 4.79 Å². The van der Waals surface area contributed by atoms with Crippen molar-refractivity contribution in [2.45, 2.75) is 38.1 Å². The first-order valence-corrected chi connectivity index (χ1v) is 9.54. The van der Waals surface area contributed by atoms with E-state index in [4.69, 9.17) is 20.9 Å². The fourth-order valence-electron chi connectivity index (χ4n) is 3.74. The number of amides is 1. The van der Waals surface area contributed by atoms with Gasteiger partial charge in [-0.15, -0.1) is 0 Å². The number of carbonyl (C=O) groups is 1. The largest absolute Gasteiger partial charge is 0.496 e. The molecule has 1 amide bonds. The molecule has 0 unspecified atom stereocenters. The Hall–Kier alpha value is -2.80. The zero-order valence-electron chi connectivity index (χ0n) is 15.7. The molecule has 1 saturated carbocycles. The Bertz CT molecular complexity index is 991. The Morgan fingerprint density at radius 1 is 1.29 bits per heavy atom. The molecule has 1 aliphatic carbocycles. The molecule has 0 saturated heterocycles. The van der Waals surface area contributed by atoms with E-state index in [0.29, 0.717) is 28.1 Å². The van der Waals surface area contributed by atoms with E-state index in [-0.39, 0.29) is 5.91 Å². The van der Waals surface area contributed by atoms with Crippen LogP contribution >= 0.6 is 11.6 Å². The fourth-order valence-corrected chi connectivity index (χ4v) is 4.00. The summed E-state index contributed by atoms with van der Waals surface area (Å²) in [5.74, 6) is 1.17. The second-order valence-electron chi connectivity index (χ2n) is 6.97. The van der Waals surface area contributed by atoms with E-state index in [0.717, 1.165) is 31.4 Å². The van der Waals surface area contributed by atoms with Crippen molar-refractivity contribution in [2.24, 2.45) is 0 Å². The summed E-state index contributed by atoms with van der Waals surface area (Å²) in [6.07, 6.45) is 7.25. The minimum Gasteiger partial charge on any atom is -0.496 e. The van der Waals surface area contributed by atoms with Crippen molar-refractivity contribution in [2.75, 3.05) is 7.11 Å². The van der Waals surface area contributed by atoms with Crippen LogP contribution < -0.4 is 10.1 Å². The van der Waals surface area contributed by atoms with Crippen molar-refractivity contribution in [3.63, 3.8) is 0 Å². The lowest BCUT2D eigenvalue weighted by Crippen LogP contribution is -2.44. The van der Waals surface area contributed by atoms with Gasteiger partial charge in [0.2, 0.25) is 5.89 Å². The zero-order chi connectivity index (χ0) is 19.7. The molecule has 0 spiro atoms. The summed E-state index contributed by atoms with van der Waals surface area (Å²) in [5.41, 5.74) is 0.477. The number of methoxy groups -OCH3 is 1. The lowest BCUT2D eigenvalue weighted by Gasteiger charge is -2.27. The molecule has 2 heterocycles. The molecule has 0 bridgehead atoms. The summed E-state index contributed by atoms with van der Waals surface area (Å²) < 4.78 is 12.5. The maximum atomic E-state index is 13.2. The van der Waals surface area contributed by atoms with Gasteiger partial charge in [-0.05, 0) is 31.0 Å². The van der Waals surface area contributed by atoms with Crippen molar-refractivity contribution in [1.29, 1.82) is 0 Å². The van der Waals surface area contributed by atoms with Gasteiger partial charge in [0, 0.05) is 25.4 Å². The summed E-state index contributed by atoms with van der Waals surface area (Å²) in [6, 6.07) is 7.20. The quantitative estimate of drug-likeness (QED) is 0.699. The lowest BCUT2D eigenvalue weighted by atomic mass is 9.95. The minimum absolute atomic E-state index is 0.276. The number of halogens is 1. The van der Waals surface area contributed by atoms with Crippen LogP contribution in [0.1, 0.15) is 47.8 Å². The van der Waals surface area contributed by atoms with E-state index < -0.39 is 5.54 Å². The average molecular weight is 401 g/mol. The second kappa shape index (κ2) is 7.31. The molecule has 3 aromatic rings. The molecular weight excluding hydrogens is 380 g/mol. The number of ether oxygens (including phenoxy) is 1. The van der Waals surface area contributed by atoms with Crippen molar-refractivity contribution < 1.29 is 14.1 Å². The predicted molar refractivity (Wildman–Crippen MR) is 104 cm³/mol. The SMILES string of the molecule is COc1cc(-n2cccc2)c(Cl)cc1C(=O)NC1(c2noc(C)n2)CCCC1. The topological polar surface area (TPSA) is 82.2 Å². The number of hydrogen-bond acceptors (Lipinski definition) is 5. The molecule has 7 nitrogen and oxygen atoms in total. The van der Waals surface area contributed by atoms with Crippen molar-refractivity contribution in [3.8, 4) is 11.4 Å². The van der Waals surface area contributed by atoms with Crippen LogP contribution in [-0.4, -0.2) is 27.7 Å². The van der Waals surface area contributed by atoms with E-state index in [1.807, 2.05) is 29.1 Å². The van der Waals surface area contributed by atoms with Gasteiger partial charge < -0.3 is 19.1 Å². The Balaban J connectivity index is 1.68. The smallest absolute Gasteiger partial charge is 0.255 e. The standard InChI is InChI=1S/C20H21ClN4O3/c1-13-22-19(24-28-13)20(7-3-4-8-20)23-18(26)14-11-15(21)16(12-17(14)27-2)25-9-5-6-10-25/h5-6,9-12H,3-4,7-8H2,1-2H3,(H,23,26). The second-order valence-corrected chi connectivity index (χ2v) is 7.38. The third kappa shape index (κ3) is 3.26. The van der Waals surface area contributed by atoms with Gasteiger partial charge in [0.1, 0.15) is 11.3 Å². The molecular formula is C20H21ClN4O3. The molecule has 8 heteroatoms. The summed E-state index contributed by atoms with van der Waals surface area (Å²) in [4.78, 5) is 17.5. The highest BCUT2D eigenvalue weighted by molar-refractivity contribution is 6.33. The Morgan fingerprint density at radius 2 is 2.00 bits per heavy atom. The van der Waals surface area contributed by atoms with Crippen LogP contribution in [0.25, 0.3) is 5.69 Å². The van der Waals surface area contributed by atoms with Gasteiger partial charge in [-0.2, -0.15) is 4.98 Å². The van der Waals surface area contributed by atoms with Crippen LogP contribution in [0.2, 0.25) is 5.02 Å². The van der Waals surface area contributed by atoms with Crippen LogP contribution in [0, 0.1) is 6.92 Å². The molecule has 28 heavy (non-hydrogen) atoms. The van der Waals surface area contributed by atoms with Gasteiger partial charge in [0.05, 0.1) is 23.4 Å². The summed E-state index contributed by atoms with van der Waals surface area (Å²) in [5, 5.41) is 7.64. The van der Waals surface area contributed by atoms with E-state index in [2.05, 4.69) is 15.5 Å². The Kier molecular flexibility index (Phi) is 4.85. The maximum absolute atomic E-state index is 13.2. The molecule has 1 aliphatic rings. The van der Waals surface area contributed by atoms with Crippen LogP contribution in [0.3, 0.4) is 0 Å². The van der Waals surface area contributed by atoms with Crippen molar-refractivity contribution in [3.05, 3.63) is 59.0 Å². The number of aryl methyl sites for hydroxylation is 1. The molecule has 2 aromatic heterocycles. The number of rotatable bonds is 5. The highest BCUT2D eigenvalue weighted by Crippen LogP contribution is 2.38. The van der Waals surface area contributed by atoms with Crippen LogP contribution in [-0.2, 0) is 5.54 Å². The first-order valence-electron chi connectivity index (χ1n) is 9.16. The normalized spacial score (nSPS) is 15.5. The number of carbonyl (C=O) groups excluding carboxylic acids is 1. The van der Waals surface area contributed by atoms with Gasteiger partial charge in [0.25, 0.3) is 5.91 Å². The molecule has 146 valence electrons. The van der Waals surface area contributed by atoms with E-state index >= 15 is 0 Å². The van der Waals surface area contributed by atoms with Crippen molar-refractivity contribution >= 4 is 17.5 Å². The van der Waals surface area contributed by atoms with E-state index in [1.54, 1.807) is 19.1 Å². The van der Waals surface area contributed by atoms with E-state index in [1.165, 1.54) is 7.11 Å². The molecule has 1 fully saturated rings. The van der Waals surface area contributed by atoms with Crippen LogP contribution in [0.5, 0.6) is 5.75 Å². The number of aromatic nitrogens is 3. The maximum Gasteiger partial charge on any atom is 0.255 e. The minimum atomic E-state index is -0.634. The number of nitrogens with one attached hydrogen (secondary N) is 1. The number of benzene rings is 1. The third-order valence-corrected chi connectivity index (χ3v) is 5.46. The van der Waals surface area contributed by atoms with Gasteiger partial charge in [0.15, 0.2) is 5.82 Å². The molecule has 4 rings (SSSR count). The van der Waals surface area contributed by atoms with Crippen LogP contribution in [0.4, 0.5) is 0 Å². The predicted octanol–water partition coefficient (Wildman–Crippen LogP) is 4.03. The third-order valence-electron chi connectivity index (χ3n) is 5.16. The fraction of sp³-hybridized carbons (Fsp3) is 0.350. The van der Waals surface area contributed by atoms with Gasteiger partial charge in [-0.25, -0.2) is 0 Å². The number of hydrogen-bond donors (Lipinski definition) is 1. The average Bonchev–Trinajstić information content (AvgIpc) is 3.43. The van der Waals surface area contributed by atoms with Gasteiger partial charge in [-0.1, -0.05) is 29.6 Å². The molecule has 0 atom stereocenters. The monoisotopic (exact) mass is 400 g/mol. The Morgan fingerprint density at radius 3 is 2.61 bits per heavy atom. The molecule has 0 radical (unpaired) electrons. The highest BCUT2D eigenvalue weighted by Gasteiger charge is 2.41. The first kappa shape index (κ1) is 18.6. The Labute approximate surface area is 167 Å². The number of nitrogens with zero attached hydrogens (tertiary/aromatic N) is 3.